The molecule has 4 nitrogen and oxygen atoms in total. The fraction of sp³-hybridized carbons (Fsp3) is 0.308. The van der Waals surface area contributed by atoms with Crippen molar-refractivity contribution in [1.29, 1.82) is 0 Å². The molecule has 2 aromatic heterocycles. The van der Waals surface area contributed by atoms with E-state index < -0.39 is 0 Å². The molecule has 2 aromatic rings. The SMILES string of the molecule is CCCc1nc(Cl)c(C)c(Oc2cncc(Br)c2)n1. The summed E-state index contributed by atoms with van der Waals surface area (Å²) in [5.74, 6) is 1.77. The van der Waals surface area contributed by atoms with E-state index in [0.717, 1.165) is 22.9 Å². The van der Waals surface area contributed by atoms with Gasteiger partial charge in [-0.1, -0.05) is 18.5 Å². The molecule has 0 atom stereocenters. The van der Waals surface area contributed by atoms with Gasteiger partial charge in [0.1, 0.15) is 16.7 Å². The number of hydrogen-bond donors (Lipinski definition) is 0. The predicted molar refractivity (Wildman–Crippen MR) is 77.8 cm³/mol. The number of hydrogen-bond acceptors (Lipinski definition) is 4. The molecular formula is C13H13BrClN3O. The summed E-state index contributed by atoms with van der Waals surface area (Å²) < 4.78 is 6.57. The molecule has 0 N–H and O–H groups in total. The molecule has 19 heavy (non-hydrogen) atoms. The Morgan fingerprint density at radius 1 is 1.32 bits per heavy atom. The fourth-order valence-electron chi connectivity index (χ4n) is 1.51. The van der Waals surface area contributed by atoms with Crippen LogP contribution in [0.5, 0.6) is 11.6 Å². The van der Waals surface area contributed by atoms with Crippen LogP contribution in [0.4, 0.5) is 0 Å². The number of nitrogens with zero attached hydrogens (tertiary/aromatic N) is 3. The van der Waals surface area contributed by atoms with Crippen LogP contribution in [-0.4, -0.2) is 15.0 Å². The van der Waals surface area contributed by atoms with Crippen LogP contribution in [0.3, 0.4) is 0 Å². The van der Waals surface area contributed by atoms with Crippen LogP contribution in [0.25, 0.3) is 0 Å². The molecule has 0 aliphatic heterocycles. The van der Waals surface area contributed by atoms with Gasteiger partial charge in [0.15, 0.2) is 0 Å². The lowest BCUT2D eigenvalue weighted by atomic mass is 10.3. The molecule has 6 heteroatoms. The van der Waals surface area contributed by atoms with Crippen LogP contribution in [-0.2, 0) is 6.42 Å². The Morgan fingerprint density at radius 2 is 2.11 bits per heavy atom. The molecule has 0 unspecified atom stereocenters. The topological polar surface area (TPSA) is 47.9 Å². The summed E-state index contributed by atoms with van der Waals surface area (Å²) in [5, 5.41) is 0.427. The molecule has 0 saturated carbocycles. The number of pyridine rings is 1. The first-order chi connectivity index (χ1) is 9.10. The molecule has 0 bridgehead atoms. The summed E-state index contributed by atoms with van der Waals surface area (Å²) in [7, 11) is 0. The van der Waals surface area contributed by atoms with Crippen molar-refractivity contribution in [1.82, 2.24) is 15.0 Å². The normalized spacial score (nSPS) is 10.5. The van der Waals surface area contributed by atoms with E-state index in [2.05, 4.69) is 37.8 Å². The van der Waals surface area contributed by atoms with Gasteiger partial charge in [0.2, 0.25) is 5.88 Å². The molecule has 100 valence electrons. The van der Waals surface area contributed by atoms with E-state index in [9.17, 15) is 0 Å². The van der Waals surface area contributed by atoms with E-state index in [1.807, 2.05) is 13.0 Å². The van der Waals surface area contributed by atoms with E-state index >= 15 is 0 Å². The zero-order valence-corrected chi connectivity index (χ0v) is 13.0. The summed E-state index contributed by atoms with van der Waals surface area (Å²) >= 11 is 9.44. The number of ether oxygens (including phenoxy) is 1. The second-order valence-corrected chi connectivity index (χ2v) is 5.33. The summed E-state index contributed by atoms with van der Waals surface area (Å²) in [5.41, 5.74) is 0.724. The van der Waals surface area contributed by atoms with Crippen LogP contribution >= 0.6 is 27.5 Å². The highest BCUT2D eigenvalue weighted by molar-refractivity contribution is 9.10. The average molecular weight is 343 g/mol. The third kappa shape index (κ3) is 3.64. The Balaban J connectivity index is 2.33. The van der Waals surface area contributed by atoms with Gasteiger partial charge in [-0.2, -0.15) is 4.98 Å². The van der Waals surface area contributed by atoms with Gasteiger partial charge >= 0.3 is 0 Å². The smallest absolute Gasteiger partial charge is 0.227 e. The lowest BCUT2D eigenvalue weighted by Gasteiger charge is -2.10. The number of aromatic nitrogens is 3. The van der Waals surface area contributed by atoms with E-state index in [-0.39, 0.29) is 0 Å². The van der Waals surface area contributed by atoms with Crippen molar-refractivity contribution < 1.29 is 4.74 Å². The van der Waals surface area contributed by atoms with Gasteiger partial charge in [-0.25, -0.2) is 4.98 Å². The Kier molecular flexibility index (Phi) is 4.71. The van der Waals surface area contributed by atoms with Gasteiger partial charge in [0.25, 0.3) is 0 Å². The average Bonchev–Trinajstić information content (AvgIpc) is 2.36. The highest BCUT2D eigenvalue weighted by atomic mass is 79.9. The van der Waals surface area contributed by atoms with Crippen molar-refractivity contribution in [3.8, 4) is 11.6 Å². The van der Waals surface area contributed by atoms with Gasteiger partial charge < -0.3 is 4.74 Å². The minimum absolute atomic E-state index is 0.427. The second kappa shape index (κ2) is 6.30. The monoisotopic (exact) mass is 341 g/mol. The lowest BCUT2D eigenvalue weighted by Crippen LogP contribution is -2.01. The van der Waals surface area contributed by atoms with Crippen molar-refractivity contribution in [2.45, 2.75) is 26.7 Å². The molecule has 0 spiro atoms. The molecule has 0 saturated heterocycles. The fourth-order valence-corrected chi connectivity index (χ4v) is 2.03. The van der Waals surface area contributed by atoms with Gasteiger partial charge in [-0.15, -0.1) is 0 Å². The van der Waals surface area contributed by atoms with Crippen LogP contribution in [0.2, 0.25) is 5.15 Å². The van der Waals surface area contributed by atoms with Crippen LogP contribution < -0.4 is 4.74 Å². The van der Waals surface area contributed by atoms with Crippen molar-refractivity contribution in [2.24, 2.45) is 0 Å². The minimum Gasteiger partial charge on any atom is -0.437 e. The zero-order chi connectivity index (χ0) is 13.8. The molecular weight excluding hydrogens is 330 g/mol. The summed E-state index contributed by atoms with van der Waals surface area (Å²) in [6.07, 6.45) is 5.04. The maximum absolute atomic E-state index is 6.10. The minimum atomic E-state index is 0.427. The standard InChI is InChI=1S/C13H13BrClN3O/c1-3-4-11-17-12(15)8(2)13(18-11)19-10-5-9(14)6-16-7-10/h5-7H,3-4H2,1-2H3. The van der Waals surface area contributed by atoms with Crippen molar-refractivity contribution in [3.63, 3.8) is 0 Å². The quantitative estimate of drug-likeness (QED) is 0.775. The number of halogens is 2. The second-order valence-electron chi connectivity index (χ2n) is 4.05. The predicted octanol–water partition coefficient (Wildman–Crippen LogP) is 4.34. The third-order valence-electron chi connectivity index (χ3n) is 2.46. The number of rotatable bonds is 4. The molecule has 0 amide bonds. The Bertz CT molecular complexity index is 592. The van der Waals surface area contributed by atoms with Crippen LogP contribution in [0, 0.1) is 6.92 Å². The lowest BCUT2D eigenvalue weighted by molar-refractivity contribution is 0.451. The van der Waals surface area contributed by atoms with E-state index in [4.69, 9.17) is 16.3 Å². The highest BCUT2D eigenvalue weighted by Gasteiger charge is 2.11. The molecule has 0 fully saturated rings. The molecule has 2 rings (SSSR count). The molecule has 0 aromatic carbocycles. The van der Waals surface area contributed by atoms with Gasteiger partial charge in [-0.05, 0) is 35.3 Å². The third-order valence-corrected chi connectivity index (χ3v) is 3.26. The van der Waals surface area contributed by atoms with Crippen LogP contribution in [0.15, 0.2) is 22.9 Å². The summed E-state index contributed by atoms with van der Waals surface area (Å²) in [4.78, 5) is 12.7. The largest absolute Gasteiger partial charge is 0.437 e. The first-order valence-electron chi connectivity index (χ1n) is 5.91. The molecule has 0 radical (unpaired) electrons. The molecule has 2 heterocycles. The van der Waals surface area contributed by atoms with Crippen molar-refractivity contribution in [3.05, 3.63) is 39.5 Å². The Hall–Kier alpha value is -1.20. The van der Waals surface area contributed by atoms with E-state index in [1.165, 1.54) is 0 Å². The number of aryl methyl sites for hydroxylation is 1. The highest BCUT2D eigenvalue weighted by Crippen LogP contribution is 2.28. The van der Waals surface area contributed by atoms with Crippen molar-refractivity contribution >= 4 is 27.5 Å². The Labute approximate surface area is 125 Å². The molecule has 0 aliphatic rings. The van der Waals surface area contributed by atoms with Gasteiger partial charge in [0.05, 0.1) is 6.20 Å². The maximum Gasteiger partial charge on any atom is 0.227 e. The molecule has 0 aliphatic carbocycles. The first kappa shape index (κ1) is 14.2. The van der Waals surface area contributed by atoms with Crippen molar-refractivity contribution in [2.75, 3.05) is 0 Å². The van der Waals surface area contributed by atoms with Crippen LogP contribution in [0.1, 0.15) is 24.7 Å². The summed E-state index contributed by atoms with van der Waals surface area (Å²) in [6, 6.07) is 1.82. The zero-order valence-electron chi connectivity index (χ0n) is 10.7. The first-order valence-corrected chi connectivity index (χ1v) is 7.08. The van der Waals surface area contributed by atoms with Gasteiger partial charge in [0, 0.05) is 22.7 Å². The maximum atomic E-state index is 6.10. The summed E-state index contributed by atoms with van der Waals surface area (Å²) in [6.45, 7) is 3.90. The van der Waals surface area contributed by atoms with Gasteiger partial charge in [-0.3, -0.25) is 4.98 Å². The van der Waals surface area contributed by atoms with E-state index in [1.54, 1.807) is 12.4 Å². The van der Waals surface area contributed by atoms with E-state index in [0.29, 0.717) is 22.6 Å². The Morgan fingerprint density at radius 3 is 2.79 bits per heavy atom.